The molecule has 1 aromatic rings. The largest absolute Gasteiger partial charge is 0.489 e. The maximum absolute atomic E-state index is 11.4. The monoisotopic (exact) mass is 343 g/mol. The Kier molecular flexibility index (Phi) is 4.88. The van der Waals surface area contributed by atoms with E-state index in [1.54, 1.807) is 6.07 Å². The molecule has 0 amide bonds. The number of hydrogen-bond donors (Lipinski definition) is 2. The van der Waals surface area contributed by atoms with Crippen LogP contribution in [0.15, 0.2) is 10.5 Å². The SMILES string of the molecule is CCc1c(C(CN)C(=O)O)cc(Br)c2c1OCCCO2. The summed E-state index contributed by atoms with van der Waals surface area (Å²) in [5, 5.41) is 9.33. The Morgan fingerprint density at radius 2 is 2.10 bits per heavy atom. The molecule has 1 aliphatic rings. The lowest BCUT2D eigenvalue weighted by Gasteiger charge is -2.20. The number of halogens is 1. The van der Waals surface area contributed by atoms with E-state index >= 15 is 0 Å². The molecule has 0 bridgehead atoms. The normalized spacial score (nSPS) is 15.6. The van der Waals surface area contributed by atoms with Crippen molar-refractivity contribution >= 4 is 21.9 Å². The first-order chi connectivity index (χ1) is 9.60. The van der Waals surface area contributed by atoms with E-state index in [1.807, 2.05) is 6.92 Å². The van der Waals surface area contributed by atoms with Crippen LogP contribution in [-0.2, 0) is 11.2 Å². The standard InChI is InChI=1S/C14H18BrNO4/c1-2-8-9(10(7-16)14(17)18)6-11(15)13-12(8)19-4-3-5-20-13/h6,10H,2-5,7,16H2,1H3,(H,17,18). The van der Waals surface area contributed by atoms with E-state index in [4.69, 9.17) is 15.2 Å². The number of carbonyl (C=O) groups is 1. The molecule has 1 heterocycles. The number of ether oxygens (including phenoxy) is 2. The molecule has 0 saturated carbocycles. The molecule has 0 radical (unpaired) electrons. The van der Waals surface area contributed by atoms with Gasteiger partial charge in [-0.3, -0.25) is 4.79 Å². The first-order valence-corrected chi connectivity index (χ1v) is 7.43. The Balaban J connectivity index is 2.61. The van der Waals surface area contributed by atoms with Crippen LogP contribution in [0.25, 0.3) is 0 Å². The van der Waals surface area contributed by atoms with Gasteiger partial charge in [-0.25, -0.2) is 0 Å². The summed E-state index contributed by atoms with van der Waals surface area (Å²) in [6.07, 6.45) is 1.47. The molecule has 1 aromatic carbocycles. The Hall–Kier alpha value is -1.27. The minimum absolute atomic E-state index is 0.0500. The molecule has 110 valence electrons. The number of rotatable bonds is 4. The summed E-state index contributed by atoms with van der Waals surface area (Å²) in [6, 6.07) is 1.79. The Bertz CT molecular complexity index is 518. The van der Waals surface area contributed by atoms with Gasteiger partial charge in [0.1, 0.15) is 0 Å². The Labute approximate surface area is 126 Å². The molecule has 0 aliphatic carbocycles. The summed E-state index contributed by atoms with van der Waals surface area (Å²) in [7, 11) is 0. The van der Waals surface area contributed by atoms with Crippen molar-refractivity contribution in [3.05, 3.63) is 21.7 Å². The van der Waals surface area contributed by atoms with Gasteiger partial charge in [0, 0.05) is 18.5 Å². The molecule has 1 unspecified atom stereocenters. The zero-order chi connectivity index (χ0) is 14.7. The highest BCUT2D eigenvalue weighted by molar-refractivity contribution is 9.10. The number of benzene rings is 1. The van der Waals surface area contributed by atoms with Crippen molar-refractivity contribution < 1.29 is 19.4 Å². The molecular formula is C14H18BrNO4. The van der Waals surface area contributed by atoms with Crippen molar-refractivity contribution in [1.82, 2.24) is 0 Å². The van der Waals surface area contributed by atoms with Crippen molar-refractivity contribution in [3.8, 4) is 11.5 Å². The maximum atomic E-state index is 11.4. The van der Waals surface area contributed by atoms with E-state index in [9.17, 15) is 9.90 Å². The average Bonchev–Trinajstić information content (AvgIpc) is 2.65. The molecule has 0 fully saturated rings. The molecular weight excluding hydrogens is 326 g/mol. The first-order valence-electron chi connectivity index (χ1n) is 6.63. The fourth-order valence-electron chi connectivity index (χ4n) is 2.40. The fraction of sp³-hybridized carbons (Fsp3) is 0.500. The van der Waals surface area contributed by atoms with Gasteiger partial charge in [-0.2, -0.15) is 0 Å². The molecule has 2 rings (SSSR count). The van der Waals surface area contributed by atoms with E-state index in [1.165, 1.54) is 0 Å². The van der Waals surface area contributed by atoms with Crippen LogP contribution in [0.1, 0.15) is 30.4 Å². The highest BCUT2D eigenvalue weighted by atomic mass is 79.9. The molecule has 3 N–H and O–H groups in total. The van der Waals surface area contributed by atoms with Gasteiger partial charge in [0.05, 0.1) is 23.6 Å². The van der Waals surface area contributed by atoms with Gasteiger partial charge in [-0.05, 0) is 34.0 Å². The molecule has 0 spiro atoms. The van der Waals surface area contributed by atoms with Gasteiger partial charge in [0.25, 0.3) is 0 Å². The fourth-order valence-corrected chi connectivity index (χ4v) is 2.94. The number of carboxylic acid groups (broad SMARTS) is 1. The van der Waals surface area contributed by atoms with Crippen molar-refractivity contribution in [2.45, 2.75) is 25.7 Å². The van der Waals surface area contributed by atoms with E-state index in [0.717, 1.165) is 12.0 Å². The molecule has 0 aromatic heterocycles. The number of carboxylic acids is 1. The Morgan fingerprint density at radius 3 is 2.65 bits per heavy atom. The van der Waals surface area contributed by atoms with Crippen LogP contribution < -0.4 is 15.2 Å². The topological polar surface area (TPSA) is 81.8 Å². The molecule has 20 heavy (non-hydrogen) atoms. The van der Waals surface area contributed by atoms with Crippen molar-refractivity contribution in [2.75, 3.05) is 19.8 Å². The van der Waals surface area contributed by atoms with Gasteiger partial charge in [-0.1, -0.05) is 6.92 Å². The smallest absolute Gasteiger partial charge is 0.312 e. The summed E-state index contributed by atoms with van der Waals surface area (Å²) in [6.45, 7) is 3.18. The van der Waals surface area contributed by atoms with E-state index in [2.05, 4.69) is 15.9 Å². The lowest BCUT2D eigenvalue weighted by Crippen LogP contribution is -2.22. The number of aliphatic carboxylic acids is 1. The minimum atomic E-state index is -0.927. The molecule has 1 atom stereocenters. The van der Waals surface area contributed by atoms with Crippen LogP contribution in [0.3, 0.4) is 0 Å². The van der Waals surface area contributed by atoms with Crippen LogP contribution in [0.4, 0.5) is 0 Å². The number of nitrogens with two attached hydrogens (primary N) is 1. The minimum Gasteiger partial charge on any atom is -0.489 e. The van der Waals surface area contributed by atoms with Crippen molar-refractivity contribution in [2.24, 2.45) is 5.73 Å². The zero-order valence-corrected chi connectivity index (χ0v) is 12.9. The summed E-state index contributed by atoms with van der Waals surface area (Å²) < 4.78 is 12.2. The van der Waals surface area contributed by atoms with Crippen LogP contribution in [0.5, 0.6) is 11.5 Å². The van der Waals surface area contributed by atoms with Gasteiger partial charge in [0.2, 0.25) is 0 Å². The summed E-state index contributed by atoms with van der Waals surface area (Å²) >= 11 is 3.44. The third kappa shape index (κ3) is 2.76. The van der Waals surface area contributed by atoms with Crippen LogP contribution in [-0.4, -0.2) is 30.8 Å². The second kappa shape index (κ2) is 6.45. The zero-order valence-electron chi connectivity index (χ0n) is 11.3. The molecule has 0 saturated heterocycles. The third-order valence-electron chi connectivity index (χ3n) is 3.37. The van der Waals surface area contributed by atoms with Crippen molar-refractivity contribution in [3.63, 3.8) is 0 Å². The highest BCUT2D eigenvalue weighted by Crippen LogP contribution is 2.43. The van der Waals surface area contributed by atoms with Crippen LogP contribution >= 0.6 is 15.9 Å². The number of hydrogen-bond acceptors (Lipinski definition) is 4. The Morgan fingerprint density at radius 1 is 1.45 bits per heavy atom. The highest BCUT2D eigenvalue weighted by Gasteiger charge is 2.27. The second-order valence-corrected chi connectivity index (χ2v) is 5.47. The van der Waals surface area contributed by atoms with E-state index < -0.39 is 11.9 Å². The van der Waals surface area contributed by atoms with E-state index in [0.29, 0.717) is 41.2 Å². The molecule has 5 nitrogen and oxygen atoms in total. The summed E-state index contributed by atoms with van der Waals surface area (Å²) in [5.74, 6) is -0.361. The molecule has 6 heteroatoms. The van der Waals surface area contributed by atoms with Crippen molar-refractivity contribution in [1.29, 1.82) is 0 Å². The summed E-state index contributed by atoms with van der Waals surface area (Å²) in [5.41, 5.74) is 7.18. The number of fused-ring (bicyclic) bond motifs is 1. The third-order valence-corrected chi connectivity index (χ3v) is 3.96. The summed E-state index contributed by atoms with van der Waals surface area (Å²) in [4.78, 5) is 11.4. The second-order valence-electron chi connectivity index (χ2n) is 4.61. The van der Waals surface area contributed by atoms with Crippen LogP contribution in [0.2, 0.25) is 0 Å². The maximum Gasteiger partial charge on any atom is 0.312 e. The lowest BCUT2D eigenvalue weighted by atomic mass is 9.92. The van der Waals surface area contributed by atoms with Gasteiger partial charge < -0.3 is 20.3 Å². The quantitative estimate of drug-likeness (QED) is 0.876. The van der Waals surface area contributed by atoms with Gasteiger partial charge >= 0.3 is 5.97 Å². The van der Waals surface area contributed by atoms with Gasteiger partial charge in [-0.15, -0.1) is 0 Å². The first kappa shape index (κ1) is 15.1. The molecule has 1 aliphatic heterocycles. The van der Waals surface area contributed by atoms with Crippen LogP contribution in [0, 0.1) is 0 Å². The van der Waals surface area contributed by atoms with E-state index in [-0.39, 0.29) is 6.54 Å². The predicted octanol–water partition coefficient (Wildman–Crippen LogP) is 2.30. The average molecular weight is 344 g/mol. The predicted molar refractivity (Wildman–Crippen MR) is 78.6 cm³/mol. The van der Waals surface area contributed by atoms with Gasteiger partial charge in [0.15, 0.2) is 11.5 Å². The lowest BCUT2D eigenvalue weighted by molar-refractivity contribution is -0.138.